The lowest BCUT2D eigenvalue weighted by atomic mass is 10.2. The predicted molar refractivity (Wildman–Crippen MR) is 53.5 cm³/mol. The predicted octanol–water partition coefficient (Wildman–Crippen LogP) is 0.489. The molecule has 0 bridgehead atoms. The van der Waals surface area contributed by atoms with Crippen LogP contribution in [0.15, 0.2) is 0 Å². The first-order valence-electron chi connectivity index (χ1n) is 5.15. The molecule has 0 aromatic rings. The lowest BCUT2D eigenvalue weighted by molar-refractivity contribution is -0.148. The molecule has 0 unspecified atom stereocenters. The first kappa shape index (κ1) is 12.0. The monoisotopic (exact) mass is 215 g/mol. The van der Waals surface area contributed by atoms with Crippen molar-refractivity contribution in [3.63, 3.8) is 0 Å². The summed E-state index contributed by atoms with van der Waals surface area (Å²) in [5, 5.41) is 8.73. The number of carboxylic acid groups (broad SMARTS) is 1. The second kappa shape index (κ2) is 5.70. The molecule has 0 spiro atoms. The molecule has 1 amide bonds. The molecule has 5 nitrogen and oxygen atoms in total. The SMILES string of the molecule is COCC(=O)N(CC(=O)O)C1CCCC1. The molecule has 0 radical (unpaired) electrons. The van der Waals surface area contributed by atoms with Gasteiger partial charge in [-0.2, -0.15) is 0 Å². The minimum Gasteiger partial charge on any atom is -0.480 e. The number of methoxy groups -OCH3 is 1. The summed E-state index contributed by atoms with van der Waals surface area (Å²) >= 11 is 0. The van der Waals surface area contributed by atoms with Gasteiger partial charge in [0.25, 0.3) is 0 Å². The van der Waals surface area contributed by atoms with Crippen LogP contribution in [0.1, 0.15) is 25.7 Å². The molecule has 86 valence electrons. The standard InChI is InChI=1S/C10H17NO4/c1-15-7-9(12)11(6-10(13)14)8-4-2-3-5-8/h8H,2-7H2,1H3,(H,13,14). The summed E-state index contributed by atoms with van der Waals surface area (Å²) in [6.07, 6.45) is 3.95. The van der Waals surface area contributed by atoms with Crippen LogP contribution in [0.4, 0.5) is 0 Å². The van der Waals surface area contributed by atoms with Gasteiger partial charge in [0, 0.05) is 13.2 Å². The highest BCUT2D eigenvalue weighted by Crippen LogP contribution is 2.23. The summed E-state index contributed by atoms with van der Waals surface area (Å²) in [5.41, 5.74) is 0. The van der Waals surface area contributed by atoms with E-state index in [9.17, 15) is 9.59 Å². The summed E-state index contributed by atoms with van der Waals surface area (Å²) in [5.74, 6) is -1.20. The van der Waals surface area contributed by atoms with Crippen LogP contribution in [0.2, 0.25) is 0 Å². The highest BCUT2D eigenvalue weighted by Gasteiger charge is 2.27. The van der Waals surface area contributed by atoms with E-state index in [1.54, 1.807) is 0 Å². The molecule has 0 saturated heterocycles. The first-order chi connectivity index (χ1) is 7.15. The molecule has 0 aliphatic heterocycles. The van der Waals surface area contributed by atoms with Crippen LogP contribution in [0.25, 0.3) is 0 Å². The Labute approximate surface area is 89.0 Å². The molecule has 1 N–H and O–H groups in total. The molecule has 15 heavy (non-hydrogen) atoms. The van der Waals surface area contributed by atoms with Crippen molar-refractivity contribution in [3.05, 3.63) is 0 Å². The fourth-order valence-electron chi connectivity index (χ4n) is 1.99. The molecular weight excluding hydrogens is 198 g/mol. The Hall–Kier alpha value is -1.10. The van der Waals surface area contributed by atoms with E-state index in [2.05, 4.69) is 0 Å². The third-order valence-electron chi connectivity index (χ3n) is 2.66. The number of aliphatic carboxylic acids is 1. The van der Waals surface area contributed by atoms with Crippen molar-refractivity contribution in [2.24, 2.45) is 0 Å². The lowest BCUT2D eigenvalue weighted by Gasteiger charge is -2.26. The van der Waals surface area contributed by atoms with Crippen LogP contribution in [-0.4, -0.2) is 48.2 Å². The van der Waals surface area contributed by atoms with Gasteiger partial charge in [-0.3, -0.25) is 9.59 Å². The second-order valence-electron chi connectivity index (χ2n) is 3.79. The van der Waals surface area contributed by atoms with Gasteiger partial charge >= 0.3 is 5.97 Å². The fourth-order valence-corrected chi connectivity index (χ4v) is 1.99. The summed E-state index contributed by atoms with van der Waals surface area (Å²) in [6.45, 7) is -0.253. The van der Waals surface area contributed by atoms with Gasteiger partial charge in [0.2, 0.25) is 5.91 Å². The zero-order valence-electron chi connectivity index (χ0n) is 8.94. The Morgan fingerprint density at radius 3 is 2.47 bits per heavy atom. The molecule has 1 saturated carbocycles. The summed E-state index contributed by atoms with van der Waals surface area (Å²) in [4.78, 5) is 23.7. The molecule has 0 aromatic carbocycles. The Morgan fingerprint density at radius 2 is 2.00 bits per heavy atom. The third kappa shape index (κ3) is 3.51. The van der Waals surface area contributed by atoms with E-state index < -0.39 is 5.97 Å². The van der Waals surface area contributed by atoms with E-state index in [-0.39, 0.29) is 25.1 Å². The fraction of sp³-hybridized carbons (Fsp3) is 0.800. The number of amides is 1. The molecule has 0 heterocycles. The summed E-state index contributed by atoms with van der Waals surface area (Å²) in [7, 11) is 1.44. The Balaban J connectivity index is 2.58. The zero-order chi connectivity index (χ0) is 11.3. The van der Waals surface area contributed by atoms with Crippen LogP contribution in [0.5, 0.6) is 0 Å². The number of rotatable bonds is 5. The Bertz CT molecular complexity index is 236. The van der Waals surface area contributed by atoms with Crippen molar-refractivity contribution in [3.8, 4) is 0 Å². The van der Waals surface area contributed by atoms with Crippen molar-refractivity contribution in [1.82, 2.24) is 4.90 Å². The molecule has 1 rings (SSSR count). The maximum absolute atomic E-state index is 11.6. The van der Waals surface area contributed by atoms with E-state index in [0.29, 0.717) is 0 Å². The van der Waals surface area contributed by atoms with Crippen LogP contribution in [-0.2, 0) is 14.3 Å². The quantitative estimate of drug-likeness (QED) is 0.724. The molecular formula is C10H17NO4. The molecule has 1 fully saturated rings. The average molecular weight is 215 g/mol. The maximum atomic E-state index is 11.6. The lowest BCUT2D eigenvalue weighted by Crippen LogP contribution is -2.43. The normalized spacial score (nSPS) is 16.6. The van der Waals surface area contributed by atoms with E-state index in [0.717, 1.165) is 25.7 Å². The van der Waals surface area contributed by atoms with Crippen molar-refractivity contribution >= 4 is 11.9 Å². The minimum atomic E-state index is -0.966. The number of hydrogen-bond acceptors (Lipinski definition) is 3. The third-order valence-corrected chi connectivity index (χ3v) is 2.66. The summed E-state index contributed by atoms with van der Waals surface area (Å²) in [6, 6.07) is 0.0868. The number of carbonyl (C=O) groups is 2. The van der Waals surface area contributed by atoms with Crippen LogP contribution in [0.3, 0.4) is 0 Å². The van der Waals surface area contributed by atoms with Gasteiger partial charge in [0.05, 0.1) is 0 Å². The first-order valence-corrected chi connectivity index (χ1v) is 5.15. The topological polar surface area (TPSA) is 66.8 Å². The van der Waals surface area contributed by atoms with Gasteiger partial charge in [-0.1, -0.05) is 12.8 Å². The van der Waals surface area contributed by atoms with Crippen LogP contribution < -0.4 is 0 Å². The van der Waals surface area contributed by atoms with Crippen molar-refractivity contribution in [1.29, 1.82) is 0 Å². The molecule has 1 aliphatic carbocycles. The molecule has 1 aliphatic rings. The van der Waals surface area contributed by atoms with Crippen molar-refractivity contribution in [2.45, 2.75) is 31.7 Å². The highest BCUT2D eigenvalue weighted by molar-refractivity contribution is 5.82. The minimum absolute atomic E-state index is 0.0379. The molecule has 0 aromatic heterocycles. The van der Waals surface area contributed by atoms with E-state index in [1.165, 1.54) is 12.0 Å². The van der Waals surface area contributed by atoms with Gasteiger partial charge in [-0.05, 0) is 12.8 Å². The average Bonchev–Trinajstić information content (AvgIpc) is 2.66. The second-order valence-corrected chi connectivity index (χ2v) is 3.79. The van der Waals surface area contributed by atoms with Crippen LogP contribution in [0, 0.1) is 0 Å². The van der Waals surface area contributed by atoms with E-state index >= 15 is 0 Å². The number of carboxylic acids is 1. The number of hydrogen-bond donors (Lipinski definition) is 1. The van der Waals surface area contributed by atoms with E-state index in [1.807, 2.05) is 0 Å². The molecule has 0 atom stereocenters. The van der Waals surface area contributed by atoms with Gasteiger partial charge in [0.15, 0.2) is 0 Å². The van der Waals surface area contributed by atoms with Gasteiger partial charge in [-0.15, -0.1) is 0 Å². The Morgan fingerprint density at radius 1 is 1.40 bits per heavy atom. The van der Waals surface area contributed by atoms with E-state index in [4.69, 9.17) is 9.84 Å². The van der Waals surface area contributed by atoms with Gasteiger partial charge in [-0.25, -0.2) is 0 Å². The largest absolute Gasteiger partial charge is 0.480 e. The number of nitrogens with zero attached hydrogens (tertiary/aromatic N) is 1. The number of carbonyl (C=O) groups excluding carboxylic acids is 1. The zero-order valence-corrected chi connectivity index (χ0v) is 8.94. The highest BCUT2D eigenvalue weighted by atomic mass is 16.5. The van der Waals surface area contributed by atoms with Crippen molar-refractivity contribution < 1.29 is 19.4 Å². The smallest absolute Gasteiger partial charge is 0.323 e. The maximum Gasteiger partial charge on any atom is 0.323 e. The molecule has 5 heteroatoms. The Kier molecular flexibility index (Phi) is 4.55. The van der Waals surface area contributed by atoms with Crippen LogP contribution >= 0.6 is 0 Å². The van der Waals surface area contributed by atoms with Gasteiger partial charge in [0.1, 0.15) is 13.2 Å². The van der Waals surface area contributed by atoms with Gasteiger partial charge < -0.3 is 14.7 Å². The van der Waals surface area contributed by atoms with Crippen molar-refractivity contribution in [2.75, 3.05) is 20.3 Å². The number of ether oxygens (including phenoxy) is 1. The summed E-state index contributed by atoms with van der Waals surface area (Å²) < 4.78 is 4.74.